The molecule has 0 aromatic heterocycles. The van der Waals surface area contributed by atoms with E-state index in [1.807, 2.05) is 12.1 Å². The largest absolute Gasteiger partial charge is 0.377 e. The fraction of sp³-hybridized carbons (Fsp3) is 0.217. The molecule has 0 saturated carbocycles. The number of ether oxygens (including phenoxy) is 1. The van der Waals surface area contributed by atoms with Gasteiger partial charge in [-0.1, -0.05) is 61.9 Å². The van der Waals surface area contributed by atoms with Crippen LogP contribution in [0, 0.1) is 0 Å². The molecule has 0 amide bonds. The number of hydrogen-bond acceptors (Lipinski definition) is 2. The maximum atomic E-state index is 5.72. The molecule has 0 heterocycles. The number of nitrogens with zero attached hydrogens (tertiary/aromatic N) is 1. The summed E-state index contributed by atoms with van der Waals surface area (Å²) in [5, 5.41) is 0. The van der Waals surface area contributed by atoms with Crippen LogP contribution in [-0.4, -0.2) is 6.61 Å². The van der Waals surface area contributed by atoms with Gasteiger partial charge in [0.05, 0.1) is 6.61 Å². The van der Waals surface area contributed by atoms with Crippen molar-refractivity contribution in [3.8, 4) is 0 Å². The standard InChI is InChI=1S/C23H25NO/c1-2-3-18-25-19-20-14-16-23(17-15-20)24(21-10-6-4-7-11-21)22-12-8-5-9-13-22/h4-17H,2-3,18-19H2,1H3. The molecule has 0 saturated heterocycles. The summed E-state index contributed by atoms with van der Waals surface area (Å²) in [7, 11) is 0. The third-order valence-corrected chi connectivity index (χ3v) is 4.13. The highest BCUT2D eigenvalue weighted by Crippen LogP contribution is 2.34. The monoisotopic (exact) mass is 331 g/mol. The van der Waals surface area contributed by atoms with E-state index < -0.39 is 0 Å². The molecule has 128 valence electrons. The van der Waals surface area contributed by atoms with Crippen molar-refractivity contribution < 1.29 is 4.74 Å². The van der Waals surface area contributed by atoms with Gasteiger partial charge in [-0.05, 0) is 48.4 Å². The molecule has 25 heavy (non-hydrogen) atoms. The number of unbranched alkanes of at least 4 members (excludes halogenated alkanes) is 1. The van der Waals surface area contributed by atoms with E-state index in [4.69, 9.17) is 4.74 Å². The van der Waals surface area contributed by atoms with Gasteiger partial charge in [0.1, 0.15) is 0 Å². The summed E-state index contributed by atoms with van der Waals surface area (Å²) in [5.74, 6) is 0. The van der Waals surface area contributed by atoms with E-state index in [1.54, 1.807) is 0 Å². The predicted molar refractivity (Wildman–Crippen MR) is 106 cm³/mol. The van der Waals surface area contributed by atoms with Crippen LogP contribution in [0.5, 0.6) is 0 Å². The molecule has 0 bridgehead atoms. The molecule has 0 fully saturated rings. The van der Waals surface area contributed by atoms with Crippen molar-refractivity contribution in [2.24, 2.45) is 0 Å². The number of rotatable bonds is 8. The van der Waals surface area contributed by atoms with Crippen LogP contribution >= 0.6 is 0 Å². The second-order valence-corrected chi connectivity index (χ2v) is 6.08. The minimum absolute atomic E-state index is 0.678. The topological polar surface area (TPSA) is 12.5 Å². The highest BCUT2D eigenvalue weighted by atomic mass is 16.5. The van der Waals surface area contributed by atoms with Gasteiger partial charge in [0.25, 0.3) is 0 Å². The molecule has 0 aliphatic rings. The zero-order valence-corrected chi connectivity index (χ0v) is 14.8. The molecule has 0 atom stereocenters. The Morgan fingerprint density at radius 1 is 0.680 bits per heavy atom. The number of benzene rings is 3. The molecule has 0 spiro atoms. The van der Waals surface area contributed by atoms with Crippen molar-refractivity contribution in [1.29, 1.82) is 0 Å². The quantitative estimate of drug-likeness (QED) is 0.438. The zero-order valence-electron chi connectivity index (χ0n) is 14.8. The zero-order chi connectivity index (χ0) is 17.3. The first kappa shape index (κ1) is 17.2. The minimum atomic E-state index is 0.678. The Balaban J connectivity index is 1.82. The summed E-state index contributed by atoms with van der Waals surface area (Å²) < 4.78 is 5.72. The summed E-state index contributed by atoms with van der Waals surface area (Å²) in [6.07, 6.45) is 2.29. The minimum Gasteiger partial charge on any atom is -0.377 e. The summed E-state index contributed by atoms with van der Waals surface area (Å²) >= 11 is 0. The normalized spacial score (nSPS) is 10.6. The SMILES string of the molecule is CCCCOCc1ccc(N(c2ccccc2)c2ccccc2)cc1. The number of anilines is 3. The Hall–Kier alpha value is -2.58. The summed E-state index contributed by atoms with van der Waals surface area (Å²) in [6.45, 7) is 3.69. The van der Waals surface area contributed by atoms with Gasteiger partial charge in [0, 0.05) is 23.7 Å². The van der Waals surface area contributed by atoms with Gasteiger partial charge in [-0.25, -0.2) is 0 Å². The maximum Gasteiger partial charge on any atom is 0.0716 e. The van der Waals surface area contributed by atoms with Gasteiger partial charge < -0.3 is 9.64 Å². The van der Waals surface area contributed by atoms with Crippen LogP contribution in [0.4, 0.5) is 17.1 Å². The lowest BCUT2D eigenvalue weighted by Crippen LogP contribution is -2.09. The van der Waals surface area contributed by atoms with Gasteiger partial charge in [0.15, 0.2) is 0 Å². The van der Waals surface area contributed by atoms with Crippen LogP contribution in [0.15, 0.2) is 84.9 Å². The Morgan fingerprint density at radius 2 is 1.20 bits per heavy atom. The predicted octanol–water partition coefficient (Wildman–Crippen LogP) is 6.47. The summed E-state index contributed by atoms with van der Waals surface area (Å²) in [4.78, 5) is 2.27. The average molecular weight is 331 g/mol. The van der Waals surface area contributed by atoms with Gasteiger partial charge in [-0.2, -0.15) is 0 Å². The smallest absolute Gasteiger partial charge is 0.0716 e. The van der Waals surface area contributed by atoms with E-state index in [2.05, 4.69) is 84.6 Å². The lowest BCUT2D eigenvalue weighted by atomic mass is 10.1. The fourth-order valence-electron chi connectivity index (χ4n) is 2.78. The molecule has 0 aliphatic carbocycles. The first-order valence-electron chi connectivity index (χ1n) is 8.95. The van der Waals surface area contributed by atoms with Gasteiger partial charge in [0.2, 0.25) is 0 Å². The van der Waals surface area contributed by atoms with E-state index in [-0.39, 0.29) is 0 Å². The molecule has 3 aromatic rings. The molecular weight excluding hydrogens is 306 g/mol. The lowest BCUT2D eigenvalue weighted by Gasteiger charge is -2.25. The van der Waals surface area contributed by atoms with Crippen LogP contribution in [0.25, 0.3) is 0 Å². The first-order chi connectivity index (χ1) is 12.4. The second-order valence-electron chi connectivity index (χ2n) is 6.08. The van der Waals surface area contributed by atoms with Crippen LogP contribution < -0.4 is 4.90 Å². The first-order valence-corrected chi connectivity index (χ1v) is 8.95. The lowest BCUT2D eigenvalue weighted by molar-refractivity contribution is 0.118. The second kappa shape index (κ2) is 9.05. The molecule has 0 radical (unpaired) electrons. The van der Waals surface area contributed by atoms with E-state index in [1.165, 1.54) is 12.0 Å². The highest BCUT2D eigenvalue weighted by Gasteiger charge is 2.11. The Labute approximate surface area is 150 Å². The third-order valence-electron chi connectivity index (χ3n) is 4.13. The third kappa shape index (κ3) is 4.71. The van der Waals surface area contributed by atoms with Crippen molar-refractivity contribution in [3.63, 3.8) is 0 Å². The molecule has 0 unspecified atom stereocenters. The molecule has 0 aliphatic heterocycles. The molecule has 2 nitrogen and oxygen atoms in total. The van der Waals surface area contributed by atoms with E-state index >= 15 is 0 Å². The van der Waals surface area contributed by atoms with E-state index in [0.29, 0.717) is 6.61 Å². The molecule has 3 rings (SSSR count). The van der Waals surface area contributed by atoms with Gasteiger partial charge >= 0.3 is 0 Å². The van der Waals surface area contributed by atoms with Crippen LogP contribution in [0.1, 0.15) is 25.3 Å². The molecule has 0 N–H and O–H groups in total. The maximum absolute atomic E-state index is 5.72. The van der Waals surface area contributed by atoms with E-state index in [9.17, 15) is 0 Å². The summed E-state index contributed by atoms with van der Waals surface area (Å²) in [5.41, 5.74) is 4.66. The Kier molecular flexibility index (Phi) is 6.24. The van der Waals surface area contributed by atoms with Crippen LogP contribution in [-0.2, 0) is 11.3 Å². The van der Waals surface area contributed by atoms with E-state index in [0.717, 1.165) is 30.1 Å². The van der Waals surface area contributed by atoms with Crippen LogP contribution in [0.3, 0.4) is 0 Å². The van der Waals surface area contributed by atoms with Crippen molar-refractivity contribution in [3.05, 3.63) is 90.5 Å². The van der Waals surface area contributed by atoms with Crippen LogP contribution in [0.2, 0.25) is 0 Å². The molecule has 3 aromatic carbocycles. The summed E-state index contributed by atoms with van der Waals surface area (Å²) in [6, 6.07) is 29.5. The van der Waals surface area contributed by atoms with Crippen molar-refractivity contribution in [2.75, 3.05) is 11.5 Å². The Morgan fingerprint density at radius 3 is 1.72 bits per heavy atom. The van der Waals surface area contributed by atoms with Crippen molar-refractivity contribution >= 4 is 17.1 Å². The average Bonchev–Trinajstić information content (AvgIpc) is 2.68. The molecule has 2 heteroatoms. The highest BCUT2D eigenvalue weighted by molar-refractivity contribution is 5.76. The van der Waals surface area contributed by atoms with Crippen molar-refractivity contribution in [2.45, 2.75) is 26.4 Å². The number of para-hydroxylation sites is 2. The number of hydrogen-bond donors (Lipinski definition) is 0. The Bertz CT molecular complexity index is 699. The van der Waals surface area contributed by atoms with Crippen molar-refractivity contribution in [1.82, 2.24) is 0 Å². The molecular formula is C23H25NO. The van der Waals surface area contributed by atoms with Gasteiger partial charge in [-0.3, -0.25) is 0 Å². The fourth-order valence-corrected chi connectivity index (χ4v) is 2.78. The van der Waals surface area contributed by atoms with Gasteiger partial charge in [-0.15, -0.1) is 0 Å².